The van der Waals surface area contributed by atoms with E-state index in [1.807, 2.05) is 0 Å². The molecule has 130 valence electrons. The van der Waals surface area contributed by atoms with E-state index < -0.39 is 29.9 Å². The van der Waals surface area contributed by atoms with Crippen molar-refractivity contribution in [2.75, 3.05) is 12.3 Å². The van der Waals surface area contributed by atoms with Gasteiger partial charge in [-0.3, -0.25) is 14.4 Å². The molecule has 1 aromatic carbocycles. The summed E-state index contributed by atoms with van der Waals surface area (Å²) in [5, 5.41) is 12.0. The molecule has 0 spiro atoms. The molecule has 2 amide bonds. The van der Waals surface area contributed by atoms with Gasteiger partial charge in [0.15, 0.2) is 5.78 Å². The lowest BCUT2D eigenvalue weighted by Crippen LogP contribution is -2.66. The molecule has 1 fully saturated rings. The number of rotatable bonds is 5. The number of amides is 2. The van der Waals surface area contributed by atoms with Crippen molar-refractivity contribution in [2.45, 2.75) is 31.5 Å². The Morgan fingerprint density at radius 2 is 2.04 bits per heavy atom. The van der Waals surface area contributed by atoms with Crippen LogP contribution >= 0.6 is 12.6 Å². The molecule has 1 aliphatic heterocycles. The molecule has 3 atom stereocenters. The van der Waals surface area contributed by atoms with Crippen molar-refractivity contribution >= 4 is 30.2 Å². The van der Waals surface area contributed by atoms with Gasteiger partial charge in [-0.25, -0.2) is 0 Å². The van der Waals surface area contributed by atoms with Crippen LogP contribution < -0.4 is 11.1 Å². The number of nitrogens with zero attached hydrogens (tertiary/aromatic N) is 1. The number of phenolic OH excluding ortho intramolecular Hbond substituents is 1. The van der Waals surface area contributed by atoms with Gasteiger partial charge in [-0.2, -0.15) is 12.6 Å². The number of Topliss-reactive ketones (excluding diaryl/α,β-unsaturated/α-hetero) is 1. The number of ketones is 1. The lowest BCUT2D eigenvalue weighted by Gasteiger charge is -2.39. The van der Waals surface area contributed by atoms with E-state index in [9.17, 15) is 19.5 Å². The molecule has 0 radical (unpaired) electrons. The van der Waals surface area contributed by atoms with Crippen molar-refractivity contribution in [3.05, 3.63) is 29.8 Å². The average molecular weight is 351 g/mol. The van der Waals surface area contributed by atoms with Crippen molar-refractivity contribution in [3.63, 3.8) is 0 Å². The molecule has 0 unspecified atom stereocenters. The van der Waals surface area contributed by atoms with Gasteiger partial charge in [0, 0.05) is 18.7 Å². The average Bonchev–Trinajstić information content (AvgIpc) is 2.56. The van der Waals surface area contributed by atoms with Crippen molar-refractivity contribution in [1.82, 2.24) is 10.2 Å². The predicted octanol–water partition coefficient (Wildman–Crippen LogP) is -0.524. The summed E-state index contributed by atoms with van der Waals surface area (Å²) >= 11 is 4.03. The first-order valence-electron chi connectivity index (χ1n) is 7.59. The molecule has 1 aliphatic rings. The minimum atomic E-state index is -0.839. The van der Waals surface area contributed by atoms with Crippen molar-refractivity contribution < 1.29 is 19.5 Å². The van der Waals surface area contributed by atoms with E-state index >= 15 is 0 Å². The van der Waals surface area contributed by atoms with E-state index in [1.54, 1.807) is 12.1 Å². The number of phenols is 1. The molecule has 0 saturated carbocycles. The molecule has 0 bridgehead atoms. The molecular formula is C16H21N3O4S. The standard InChI is InChI=1S/C16H21N3O4S/c1-9(20)13-7-19(16(23)12(17)8-24)14(15(22)18-13)6-10-2-4-11(21)5-3-10/h2-5,12-14,21,24H,6-8,17H2,1H3,(H,18,22)/t12-,13+,14-/m0/s1. The van der Waals surface area contributed by atoms with Gasteiger partial charge in [-0.15, -0.1) is 0 Å². The Labute approximate surface area is 145 Å². The molecule has 0 aliphatic carbocycles. The second-order valence-electron chi connectivity index (χ2n) is 5.84. The highest BCUT2D eigenvalue weighted by atomic mass is 32.1. The van der Waals surface area contributed by atoms with Crippen LogP contribution in [0.3, 0.4) is 0 Å². The number of thiol groups is 1. The summed E-state index contributed by atoms with van der Waals surface area (Å²) in [6.07, 6.45) is 0.266. The number of hydrogen-bond acceptors (Lipinski definition) is 6. The highest BCUT2D eigenvalue weighted by Crippen LogP contribution is 2.18. The van der Waals surface area contributed by atoms with Crippen LogP contribution in [0.5, 0.6) is 5.75 Å². The maximum atomic E-state index is 12.5. The van der Waals surface area contributed by atoms with Gasteiger partial charge < -0.3 is 21.1 Å². The fourth-order valence-electron chi connectivity index (χ4n) is 2.60. The van der Waals surface area contributed by atoms with Crippen molar-refractivity contribution in [3.8, 4) is 5.75 Å². The Morgan fingerprint density at radius 1 is 1.42 bits per heavy atom. The number of benzene rings is 1. The Bertz CT molecular complexity index is 635. The van der Waals surface area contributed by atoms with Crippen LogP contribution in [0, 0.1) is 0 Å². The van der Waals surface area contributed by atoms with E-state index in [-0.39, 0.29) is 30.3 Å². The fourth-order valence-corrected chi connectivity index (χ4v) is 2.76. The second kappa shape index (κ2) is 7.67. The normalized spacial score (nSPS) is 22.0. The number of nitrogens with two attached hydrogens (primary N) is 1. The van der Waals surface area contributed by atoms with E-state index in [2.05, 4.69) is 17.9 Å². The number of aromatic hydroxyl groups is 1. The molecule has 0 aromatic heterocycles. The molecule has 4 N–H and O–H groups in total. The molecule has 1 aromatic rings. The van der Waals surface area contributed by atoms with Crippen LogP contribution in [0.4, 0.5) is 0 Å². The largest absolute Gasteiger partial charge is 0.508 e. The topological polar surface area (TPSA) is 113 Å². The molecule has 8 heteroatoms. The fraction of sp³-hybridized carbons (Fsp3) is 0.438. The van der Waals surface area contributed by atoms with E-state index in [1.165, 1.54) is 24.0 Å². The molecule has 1 saturated heterocycles. The zero-order valence-electron chi connectivity index (χ0n) is 13.3. The highest BCUT2D eigenvalue weighted by Gasteiger charge is 2.39. The second-order valence-corrected chi connectivity index (χ2v) is 6.20. The first kappa shape index (κ1) is 18.3. The third-order valence-corrected chi connectivity index (χ3v) is 4.42. The van der Waals surface area contributed by atoms with Gasteiger partial charge in [0.1, 0.15) is 17.8 Å². The third-order valence-electron chi connectivity index (χ3n) is 4.03. The van der Waals surface area contributed by atoms with Crippen molar-refractivity contribution in [2.24, 2.45) is 5.73 Å². The lowest BCUT2D eigenvalue weighted by molar-refractivity contribution is -0.147. The minimum Gasteiger partial charge on any atom is -0.508 e. The van der Waals surface area contributed by atoms with Gasteiger partial charge >= 0.3 is 0 Å². The van der Waals surface area contributed by atoms with E-state index in [4.69, 9.17) is 5.73 Å². The maximum Gasteiger partial charge on any atom is 0.243 e. The van der Waals surface area contributed by atoms with Crippen LogP contribution in [-0.2, 0) is 20.8 Å². The summed E-state index contributed by atoms with van der Waals surface area (Å²) in [6, 6.07) is 4.06. The number of hydrogen-bond donors (Lipinski definition) is 4. The monoisotopic (exact) mass is 351 g/mol. The van der Waals surface area contributed by atoms with Crippen molar-refractivity contribution in [1.29, 1.82) is 0 Å². The zero-order chi connectivity index (χ0) is 17.9. The third kappa shape index (κ3) is 4.07. The van der Waals surface area contributed by atoms with Crippen LogP contribution in [0.15, 0.2) is 24.3 Å². The first-order chi connectivity index (χ1) is 11.3. The molecule has 1 heterocycles. The highest BCUT2D eigenvalue weighted by molar-refractivity contribution is 7.80. The van der Waals surface area contributed by atoms with Gasteiger partial charge in [0.05, 0.1) is 6.04 Å². The Balaban J connectivity index is 2.26. The number of carbonyl (C=O) groups is 3. The summed E-state index contributed by atoms with van der Waals surface area (Å²) in [4.78, 5) is 37.9. The van der Waals surface area contributed by atoms with Gasteiger partial charge in [-0.1, -0.05) is 12.1 Å². The van der Waals surface area contributed by atoms with Crippen LogP contribution in [0.2, 0.25) is 0 Å². The lowest BCUT2D eigenvalue weighted by atomic mass is 9.98. The van der Waals surface area contributed by atoms with Gasteiger partial charge in [-0.05, 0) is 24.6 Å². The minimum absolute atomic E-state index is 0.0874. The predicted molar refractivity (Wildman–Crippen MR) is 91.8 cm³/mol. The van der Waals surface area contributed by atoms with E-state index in [0.29, 0.717) is 0 Å². The van der Waals surface area contributed by atoms with Gasteiger partial charge in [0.2, 0.25) is 11.8 Å². The molecular weight excluding hydrogens is 330 g/mol. The number of nitrogens with one attached hydrogen (secondary N) is 1. The zero-order valence-corrected chi connectivity index (χ0v) is 14.2. The number of carbonyl (C=O) groups excluding carboxylic acids is 3. The number of piperazine rings is 1. The SMILES string of the molecule is CC(=O)[C@H]1CN(C(=O)[C@@H](N)CS)[C@@H](Cc2ccc(O)cc2)C(=O)N1. The molecule has 24 heavy (non-hydrogen) atoms. The summed E-state index contributed by atoms with van der Waals surface area (Å²) in [5.74, 6) is -0.755. The maximum absolute atomic E-state index is 12.5. The van der Waals surface area contributed by atoms with Gasteiger partial charge in [0.25, 0.3) is 0 Å². The summed E-state index contributed by atoms with van der Waals surface area (Å²) < 4.78 is 0. The Morgan fingerprint density at radius 3 is 2.58 bits per heavy atom. The van der Waals surface area contributed by atoms with E-state index in [0.717, 1.165) is 5.56 Å². The van der Waals surface area contributed by atoms with Crippen LogP contribution in [0.25, 0.3) is 0 Å². The summed E-state index contributed by atoms with van der Waals surface area (Å²) in [7, 11) is 0. The Kier molecular flexibility index (Phi) is 5.84. The Hall–Kier alpha value is -2.06. The summed E-state index contributed by atoms with van der Waals surface area (Å²) in [6.45, 7) is 1.45. The molecule has 7 nitrogen and oxygen atoms in total. The quantitative estimate of drug-likeness (QED) is 0.533. The van der Waals surface area contributed by atoms with Crippen LogP contribution in [-0.4, -0.2) is 58.0 Å². The first-order valence-corrected chi connectivity index (χ1v) is 8.22. The summed E-state index contributed by atoms with van der Waals surface area (Å²) in [5.41, 5.74) is 6.56. The van der Waals surface area contributed by atoms with Crippen LogP contribution in [0.1, 0.15) is 12.5 Å². The smallest absolute Gasteiger partial charge is 0.243 e. The molecule has 2 rings (SSSR count).